The molecule has 0 aliphatic heterocycles. The summed E-state index contributed by atoms with van der Waals surface area (Å²) in [6.45, 7) is 3.11. The number of hydrogen-bond acceptors (Lipinski definition) is 6. The van der Waals surface area contributed by atoms with Gasteiger partial charge in [0, 0.05) is 37.6 Å². The monoisotopic (exact) mass is 564 g/mol. The van der Waals surface area contributed by atoms with Crippen LogP contribution in [0.25, 0.3) is 0 Å². The third-order valence-electron chi connectivity index (χ3n) is 4.49. The van der Waals surface area contributed by atoms with Gasteiger partial charge in [0.15, 0.2) is 17.5 Å². The second-order valence-corrected chi connectivity index (χ2v) is 6.63. The van der Waals surface area contributed by atoms with Crippen LogP contribution in [0.4, 0.5) is 5.69 Å². The van der Waals surface area contributed by atoms with Gasteiger partial charge in [-0.1, -0.05) is 0 Å². The molecule has 0 spiro atoms. The minimum atomic E-state index is 0. The first-order valence-corrected chi connectivity index (χ1v) is 10.2. The summed E-state index contributed by atoms with van der Waals surface area (Å²) in [5.41, 5.74) is 1.82. The molecule has 2 aromatic carbocycles. The highest BCUT2D eigenvalue weighted by molar-refractivity contribution is 14.0. The maximum absolute atomic E-state index is 5.86. The first-order valence-electron chi connectivity index (χ1n) is 10.2. The van der Waals surface area contributed by atoms with Gasteiger partial charge in [-0.2, -0.15) is 0 Å². The molecular formula is C24H29IN4O4. The number of nitrogens with zero attached hydrogens (tertiary/aromatic N) is 2. The molecule has 0 saturated carbocycles. The number of pyridine rings is 1. The molecule has 0 aliphatic carbocycles. The van der Waals surface area contributed by atoms with Crippen LogP contribution in [0.1, 0.15) is 12.5 Å². The van der Waals surface area contributed by atoms with Gasteiger partial charge in [0.05, 0.1) is 20.8 Å². The number of ether oxygens (including phenoxy) is 4. The van der Waals surface area contributed by atoms with E-state index in [0.717, 1.165) is 17.0 Å². The summed E-state index contributed by atoms with van der Waals surface area (Å²) in [6.07, 6.45) is 1.71. The summed E-state index contributed by atoms with van der Waals surface area (Å²) in [5, 5.41) is 6.52. The zero-order valence-corrected chi connectivity index (χ0v) is 21.5. The second kappa shape index (κ2) is 13.4. The maximum Gasteiger partial charge on any atom is 0.219 e. The Hall–Kier alpha value is -3.21. The summed E-state index contributed by atoms with van der Waals surface area (Å²) in [5.74, 6) is 3.92. The molecule has 3 rings (SSSR count). The van der Waals surface area contributed by atoms with Gasteiger partial charge < -0.3 is 29.6 Å². The predicted octanol–water partition coefficient (Wildman–Crippen LogP) is 5.10. The van der Waals surface area contributed by atoms with Crippen LogP contribution in [0, 0.1) is 0 Å². The maximum atomic E-state index is 5.86. The number of nitrogens with one attached hydrogen (secondary N) is 2. The van der Waals surface area contributed by atoms with E-state index in [0.29, 0.717) is 42.2 Å². The molecule has 0 bridgehead atoms. The number of halogens is 1. The van der Waals surface area contributed by atoms with Gasteiger partial charge in [0.2, 0.25) is 5.88 Å². The number of guanidine groups is 1. The number of aromatic nitrogens is 1. The lowest BCUT2D eigenvalue weighted by Gasteiger charge is -2.14. The highest BCUT2D eigenvalue weighted by atomic mass is 127. The summed E-state index contributed by atoms with van der Waals surface area (Å²) < 4.78 is 21.9. The fourth-order valence-electron chi connectivity index (χ4n) is 2.92. The van der Waals surface area contributed by atoms with Crippen molar-refractivity contribution in [3.05, 3.63) is 66.4 Å². The standard InChI is InChI=1S/C24H28N4O4.HI/c1-5-31-19-7-9-20(10-8-19)32-23-14-17(12-13-26-23)16-27-24(25-2)28-18-6-11-21(29-3)22(15-18)30-4;/h6-15H,5,16H2,1-4H3,(H2,25,27,28);1H. The highest BCUT2D eigenvalue weighted by Crippen LogP contribution is 2.29. The third-order valence-corrected chi connectivity index (χ3v) is 4.49. The lowest BCUT2D eigenvalue weighted by molar-refractivity contribution is 0.339. The van der Waals surface area contributed by atoms with Crippen molar-refractivity contribution in [2.24, 2.45) is 4.99 Å². The van der Waals surface area contributed by atoms with E-state index in [9.17, 15) is 0 Å². The van der Waals surface area contributed by atoms with Crippen LogP contribution in [-0.4, -0.2) is 38.8 Å². The lowest BCUT2D eigenvalue weighted by atomic mass is 10.2. The molecule has 0 aliphatic rings. The van der Waals surface area contributed by atoms with Crippen molar-refractivity contribution in [2.45, 2.75) is 13.5 Å². The molecule has 0 radical (unpaired) electrons. The highest BCUT2D eigenvalue weighted by Gasteiger charge is 2.07. The van der Waals surface area contributed by atoms with Crippen molar-refractivity contribution in [1.29, 1.82) is 0 Å². The Morgan fingerprint density at radius 2 is 1.67 bits per heavy atom. The van der Waals surface area contributed by atoms with Crippen molar-refractivity contribution in [1.82, 2.24) is 10.3 Å². The van der Waals surface area contributed by atoms with Crippen LogP contribution in [-0.2, 0) is 6.54 Å². The lowest BCUT2D eigenvalue weighted by Crippen LogP contribution is -2.30. The Morgan fingerprint density at radius 3 is 2.33 bits per heavy atom. The molecule has 176 valence electrons. The molecule has 0 amide bonds. The van der Waals surface area contributed by atoms with Gasteiger partial charge in [-0.25, -0.2) is 4.98 Å². The van der Waals surface area contributed by atoms with Crippen LogP contribution in [0.15, 0.2) is 65.8 Å². The average molecular weight is 564 g/mol. The quantitative estimate of drug-likeness (QED) is 0.213. The number of methoxy groups -OCH3 is 2. The number of benzene rings is 2. The Morgan fingerprint density at radius 1 is 0.939 bits per heavy atom. The fraction of sp³-hybridized carbons (Fsp3) is 0.250. The Labute approximate surface area is 211 Å². The van der Waals surface area contributed by atoms with Crippen molar-refractivity contribution in [3.63, 3.8) is 0 Å². The first kappa shape index (κ1) is 26.0. The minimum absolute atomic E-state index is 0. The van der Waals surface area contributed by atoms with E-state index in [1.807, 2.05) is 61.5 Å². The normalized spacial score (nSPS) is 10.6. The van der Waals surface area contributed by atoms with E-state index >= 15 is 0 Å². The van der Waals surface area contributed by atoms with Gasteiger partial charge >= 0.3 is 0 Å². The number of hydrogen-bond donors (Lipinski definition) is 2. The molecule has 0 atom stereocenters. The summed E-state index contributed by atoms with van der Waals surface area (Å²) >= 11 is 0. The number of rotatable bonds is 9. The Kier molecular flexibility index (Phi) is 10.5. The zero-order valence-electron chi connectivity index (χ0n) is 19.1. The van der Waals surface area contributed by atoms with E-state index in [1.165, 1.54) is 0 Å². The van der Waals surface area contributed by atoms with E-state index in [4.69, 9.17) is 18.9 Å². The topological polar surface area (TPSA) is 86.2 Å². The Bertz CT molecular complexity index is 1040. The van der Waals surface area contributed by atoms with Gasteiger partial charge in [-0.3, -0.25) is 4.99 Å². The van der Waals surface area contributed by atoms with E-state index in [2.05, 4.69) is 20.6 Å². The molecule has 2 N–H and O–H groups in total. The molecular weight excluding hydrogens is 535 g/mol. The molecule has 3 aromatic rings. The first-order chi connectivity index (χ1) is 15.6. The van der Waals surface area contributed by atoms with Crippen LogP contribution in [0.5, 0.6) is 28.9 Å². The van der Waals surface area contributed by atoms with Crippen LogP contribution < -0.4 is 29.6 Å². The molecule has 8 nitrogen and oxygen atoms in total. The van der Waals surface area contributed by atoms with E-state index in [-0.39, 0.29) is 24.0 Å². The fourth-order valence-corrected chi connectivity index (χ4v) is 2.92. The van der Waals surface area contributed by atoms with Gasteiger partial charge in [-0.05, 0) is 55.0 Å². The molecule has 9 heteroatoms. The van der Waals surface area contributed by atoms with Crippen molar-refractivity contribution in [3.8, 4) is 28.9 Å². The smallest absolute Gasteiger partial charge is 0.219 e. The van der Waals surface area contributed by atoms with Gasteiger partial charge in [0.1, 0.15) is 11.5 Å². The van der Waals surface area contributed by atoms with Crippen LogP contribution >= 0.6 is 24.0 Å². The van der Waals surface area contributed by atoms with E-state index < -0.39 is 0 Å². The molecule has 33 heavy (non-hydrogen) atoms. The van der Waals surface area contributed by atoms with Gasteiger partial charge in [-0.15, -0.1) is 24.0 Å². The van der Waals surface area contributed by atoms with Crippen molar-refractivity contribution in [2.75, 3.05) is 33.2 Å². The molecule has 1 heterocycles. The zero-order chi connectivity index (χ0) is 22.8. The van der Waals surface area contributed by atoms with Crippen LogP contribution in [0.3, 0.4) is 0 Å². The van der Waals surface area contributed by atoms with Gasteiger partial charge in [0.25, 0.3) is 0 Å². The van der Waals surface area contributed by atoms with Crippen LogP contribution in [0.2, 0.25) is 0 Å². The molecule has 1 aromatic heterocycles. The minimum Gasteiger partial charge on any atom is -0.494 e. The second-order valence-electron chi connectivity index (χ2n) is 6.63. The summed E-state index contributed by atoms with van der Waals surface area (Å²) in [7, 11) is 4.92. The largest absolute Gasteiger partial charge is 0.494 e. The van der Waals surface area contributed by atoms with E-state index in [1.54, 1.807) is 27.5 Å². The summed E-state index contributed by atoms with van der Waals surface area (Å²) in [6, 6.07) is 16.8. The molecule has 0 unspecified atom stereocenters. The predicted molar refractivity (Wildman–Crippen MR) is 141 cm³/mol. The molecule has 0 saturated heterocycles. The number of aliphatic imine (C=N–C) groups is 1. The SMILES string of the molecule is CCOc1ccc(Oc2cc(CNC(=NC)Nc3ccc(OC)c(OC)c3)ccn2)cc1.I. The van der Waals surface area contributed by atoms with Crippen molar-refractivity contribution >= 4 is 35.6 Å². The third kappa shape index (κ3) is 7.70. The number of anilines is 1. The summed E-state index contributed by atoms with van der Waals surface area (Å²) in [4.78, 5) is 8.56. The Balaban J connectivity index is 0.00000385. The molecule has 0 fully saturated rings. The average Bonchev–Trinajstić information content (AvgIpc) is 2.83. The van der Waals surface area contributed by atoms with Crippen molar-refractivity contribution < 1.29 is 18.9 Å².